The van der Waals surface area contributed by atoms with Crippen molar-refractivity contribution in [3.63, 3.8) is 0 Å². The largest absolute Gasteiger partial charge is 0.507 e. The van der Waals surface area contributed by atoms with Crippen molar-refractivity contribution in [1.29, 1.82) is 0 Å². The first-order valence-electron chi connectivity index (χ1n) is 4.38. The van der Waals surface area contributed by atoms with Gasteiger partial charge in [-0.05, 0) is 24.3 Å². The first kappa shape index (κ1) is 9.45. The van der Waals surface area contributed by atoms with Crippen LogP contribution >= 0.6 is 0 Å². The van der Waals surface area contributed by atoms with Crippen LogP contribution in [0.3, 0.4) is 0 Å². The van der Waals surface area contributed by atoms with Crippen LogP contribution in [0.1, 0.15) is 0 Å². The molecule has 3 N–H and O–H groups in total. The number of phenolic OH excluding ortho intramolecular Hbond substituents is 1. The predicted molar refractivity (Wildman–Crippen MR) is 55.7 cm³/mol. The molecule has 0 aliphatic heterocycles. The van der Waals surface area contributed by atoms with E-state index in [0.29, 0.717) is 16.9 Å². The van der Waals surface area contributed by atoms with E-state index >= 15 is 0 Å². The summed E-state index contributed by atoms with van der Waals surface area (Å²) < 4.78 is 12.6. The number of aromatic nitrogens is 1. The molecule has 4 heteroatoms. The van der Waals surface area contributed by atoms with Gasteiger partial charge < -0.3 is 10.8 Å². The summed E-state index contributed by atoms with van der Waals surface area (Å²) in [5, 5.41) is 9.60. The zero-order valence-corrected chi connectivity index (χ0v) is 7.81. The fraction of sp³-hybridized carbons (Fsp3) is 0. The number of hydrogen-bond acceptors (Lipinski definition) is 3. The molecule has 0 bridgehead atoms. The average Bonchev–Trinajstić information content (AvgIpc) is 2.20. The van der Waals surface area contributed by atoms with Crippen LogP contribution in [0.2, 0.25) is 0 Å². The Balaban J connectivity index is 2.58. The third-order valence-electron chi connectivity index (χ3n) is 2.06. The molecular weight excluding hydrogens is 195 g/mol. The van der Waals surface area contributed by atoms with Crippen LogP contribution in [-0.2, 0) is 0 Å². The number of aromatic hydroxyl groups is 1. The number of pyridine rings is 1. The van der Waals surface area contributed by atoms with Gasteiger partial charge in [0.05, 0.1) is 17.5 Å². The van der Waals surface area contributed by atoms with E-state index in [2.05, 4.69) is 4.98 Å². The molecule has 15 heavy (non-hydrogen) atoms. The zero-order chi connectivity index (χ0) is 10.8. The number of phenols is 1. The molecule has 0 radical (unpaired) electrons. The van der Waals surface area contributed by atoms with Gasteiger partial charge in [0.15, 0.2) is 0 Å². The maximum atomic E-state index is 12.6. The molecule has 1 aromatic carbocycles. The highest BCUT2D eigenvalue weighted by atomic mass is 19.1. The minimum absolute atomic E-state index is 0.0362. The topological polar surface area (TPSA) is 59.1 Å². The van der Waals surface area contributed by atoms with Crippen LogP contribution in [-0.4, -0.2) is 10.1 Å². The second kappa shape index (κ2) is 3.57. The molecule has 0 fully saturated rings. The molecule has 2 aromatic rings. The van der Waals surface area contributed by atoms with Crippen molar-refractivity contribution >= 4 is 5.69 Å². The molecule has 0 saturated carbocycles. The summed E-state index contributed by atoms with van der Waals surface area (Å²) in [6.07, 6.45) is 1.08. The molecule has 3 nitrogen and oxygen atoms in total. The van der Waals surface area contributed by atoms with Gasteiger partial charge in [-0.2, -0.15) is 0 Å². The number of hydrogen-bond donors (Lipinski definition) is 2. The summed E-state index contributed by atoms with van der Waals surface area (Å²) in [7, 11) is 0. The minimum atomic E-state index is -0.423. The maximum absolute atomic E-state index is 12.6. The summed E-state index contributed by atoms with van der Waals surface area (Å²) in [6.45, 7) is 0. The Morgan fingerprint density at radius 2 is 2.00 bits per heavy atom. The third kappa shape index (κ3) is 1.74. The summed E-state index contributed by atoms with van der Waals surface area (Å²) >= 11 is 0. The monoisotopic (exact) mass is 204 g/mol. The predicted octanol–water partition coefficient (Wildman–Crippen LogP) is 2.18. The number of anilines is 1. The molecule has 0 saturated heterocycles. The van der Waals surface area contributed by atoms with Crippen molar-refractivity contribution in [1.82, 2.24) is 4.98 Å². The summed E-state index contributed by atoms with van der Waals surface area (Å²) in [4.78, 5) is 3.86. The number of nitrogens with zero attached hydrogens (tertiary/aromatic N) is 1. The van der Waals surface area contributed by atoms with Crippen molar-refractivity contribution in [3.8, 4) is 17.0 Å². The molecule has 76 valence electrons. The minimum Gasteiger partial charge on any atom is -0.507 e. The molecule has 0 spiro atoms. The molecule has 0 aliphatic rings. The molecule has 1 heterocycles. The Hall–Kier alpha value is -2.10. The number of nitrogen functional groups attached to an aromatic ring is 1. The van der Waals surface area contributed by atoms with Gasteiger partial charge >= 0.3 is 0 Å². The Labute approximate surface area is 86.0 Å². The first-order chi connectivity index (χ1) is 7.18. The van der Waals surface area contributed by atoms with Crippen molar-refractivity contribution in [2.45, 2.75) is 0 Å². The van der Waals surface area contributed by atoms with Gasteiger partial charge in [-0.1, -0.05) is 6.07 Å². The highest BCUT2D eigenvalue weighted by molar-refractivity contribution is 5.79. The van der Waals surface area contributed by atoms with Crippen LogP contribution in [0.5, 0.6) is 5.75 Å². The number of halogens is 1. The fourth-order valence-corrected chi connectivity index (χ4v) is 1.36. The smallest absolute Gasteiger partial charge is 0.141 e. The molecule has 2 rings (SSSR count). The van der Waals surface area contributed by atoms with Crippen molar-refractivity contribution < 1.29 is 9.50 Å². The van der Waals surface area contributed by atoms with Crippen molar-refractivity contribution in [2.24, 2.45) is 0 Å². The van der Waals surface area contributed by atoms with Crippen molar-refractivity contribution in [2.75, 3.05) is 5.73 Å². The summed E-state index contributed by atoms with van der Waals surface area (Å²) in [6, 6.07) is 7.55. The second-order valence-electron chi connectivity index (χ2n) is 3.10. The lowest BCUT2D eigenvalue weighted by atomic mass is 10.1. The maximum Gasteiger partial charge on any atom is 0.141 e. The van der Waals surface area contributed by atoms with Gasteiger partial charge in [0, 0.05) is 5.69 Å². The SMILES string of the molecule is Nc1cccc(O)c1-c1ccc(F)cn1. The van der Waals surface area contributed by atoms with E-state index in [0.717, 1.165) is 6.20 Å². The third-order valence-corrected chi connectivity index (χ3v) is 2.06. The van der Waals surface area contributed by atoms with Gasteiger partial charge in [-0.15, -0.1) is 0 Å². The van der Waals surface area contributed by atoms with Crippen molar-refractivity contribution in [3.05, 3.63) is 42.3 Å². The normalized spacial score (nSPS) is 10.2. The Morgan fingerprint density at radius 3 is 2.60 bits per heavy atom. The van der Waals surface area contributed by atoms with Gasteiger partial charge in [-0.3, -0.25) is 4.98 Å². The van der Waals surface area contributed by atoms with E-state index in [1.54, 1.807) is 12.1 Å². The van der Waals surface area contributed by atoms with Crippen LogP contribution in [0, 0.1) is 5.82 Å². The summed E-state index contributed by atoms with van der Waals surface area (Å²) in [5.74, 6) is -0.387. The number of rotatable bonds is 1. The van der Waals surface area contributed by atoms with Gasteiger partial charge in [-0.25, -0.2) is 4.39 Å². The Kier molecular flexibility index (Phi) is 2.25. The van der Waals surface area contributed by atoms with Gasteiger partial charge in [0.2, 0.25) is 0 Å². The molecule has 0 atom stereocenters. The Morgan fingerprint density at radius 1 is 1.20 bits per heavy atom. The molecular formula is C11H9FN2O. The second-order valence-corrected chi connectivity index (χ2v) is 3.10. The standard InChI is InChI=1S/C11H9FN2O/c12-7-4-5-9(14-6-7)11-8(13)2-1-3-10(11)15/h1-6,15H,13H2. The van der Waals surface area contributed by atoms with Gasteiger partial charge in [0.1, 0.15) is 11.6 Å². The van der Waals surface area contributed by atoms with Crippen LogP contribution in [0.15, 0.2) is 36.5 Å². The lowest BCUT2D eigenvalue weighted by molar-refractivity contribution is 0.477. The highest BCUT2D eigenvalue weighted by Gasteiger charge is 2.08. The fourth-order valence-electron chi connectivity index (χ4n) is 1.36. The lowest BCUT2D eigenvalue weighted by Gasteiger charge is -2.06. The van der Waals surface area contributed by atoms with E-state index in [-0.39, 0.29) is 5.75 Å². The highest BCUT2D eigenvalue weighted by Crippen LogP contribution is 2.32. The van der Waals surface area contributed by atoms with Crippen LogP contribution in [0.25, 0.3) is 11.3 Å². The van der Waals surface area contributed by atoms with Gasteiger partial charge in [0.25, 0.3) is 0 Å². The average molecular weight is 204 g/mol. The first-order valence-corrected chi connectivity index (χ1v) is 4.38. The van der Waals surface area contributed by atoms with E-state index in [1.165, 1.54) is 18.2 Å². The molecule has 1 aromatic heterocycles. The molecule has 0 aliphatic carbocycles. The van der Waals surface area contributed by atoms with Crippen LogP contribution < -0.4 is 5.73 Å². The van der Waals surface area contributed by atoms with E-state index in [1.807, 2.05) is 0 Å². The quantitative estimate of drug-likeness (QED) is 0.700. The van der Waals surface area contributed by atoms with Crippen LogP contribution in [0.4, 0.5) is 10.1 Å². The zero-order valence-electron chi connectivity index (χ0n) is 7.81. The summed E-state index contributed by atoms with van der Waals surface area (Å²) in [5.41, 5.74) is 6.99. The Bertz CT molecular complexity index is 462. The lowest BCUT2D eigenvalue weighted by Crippen LogP contribution is -1.92. The van der Waals surface area contributed by atoms with E-state index in [9.17, 15) is 9.50 Å². The molecule has 0 amide bonds. The number of nitrogens with two attached hydrogens (primary N) is 1. The number of benzene rings is 1. The van der Waals surface area contributed by atoms with E-state index in [4.69, 9.17) is 5.73 Å². The molecule has 0 unspecified atom stereocenters. The van der Waals surface area contributed by atoms with E-state index < -0.39 is 5.82 Å².